The summed E-state index contributed by atoms with van der Waals surface area (Å²) in [6.07, 6.45) is 1.11. The van der Waals surface area contributed by atoms with Gasteiger partial charge in [-0.1, -0.05) is 31.1 Å². The van der Waals surface area contributed by atoms with E-state index in [4.69, 9.17) is 10.4 Å². The molecule has 0 saturated heterocycles. The maximum atomic E-state index is 8.38. The maximum absolute atomic E-state index is 8.38. The molecule has 58 valence electrons. The Balaban J connectivity index is 4.39. The smallest absolute Gasteiger partial charge is 0.106 e. The molecule has 2 N–H and O–H groups in total. The molecule has 0 atom stereocenters. The minimum atomic E-state index is -0.291. The van der Waals surface area contributed by atoms with Gasteiger partial charge < -0.3 is 10.4 Å². The lowest BCUT2D eigenvalue weighted by molar-refractivity contribution is 0.309. The van der Waals surface area contributed by atoms with Gasteiger partial charge in [0.05, 0.1) is 6.21 Å². The van der Waals surface area contributed by atoms with Crippen molar-refractivity contribution >= 4 is 11.9 Å². The van der Waals surface area contributed by atoms with Crippen LogP contribution in [0, 0.1) is 5.41 Å². The van der Waals surface area contributed by atoms with E-state index < -0.39 is 0 Å². The highest BCUT2D eigenvalue weighted by Gasteiger charge is 2.17. The average molecular weight is 144 g/mol. The minimum absolute atomic E-state index is 0.291. The molecule has 0 aromatic heterocycles. The van der Waals surface area contributed by atoms with E-state index >= 15 is 0 Å². The lowest BCUT2D eigenvalue weighted by atomic mass is 9.91. The summed E-state index contributed by atoms with van der Waals surface area (Å²) in [6, 6.07) is 0. The summed E-state index contributed by atoms with van der Waals surface area (Å²) in [5.74, 6) is 0. The summed E-state index contributed by atoms with van der Waals surface area (Å²) >= 11 is 0. The number of nitrogens with zero attached hydrogens (tertiary/aromatic N) is 2. The zero-order valence-corrected chi connectivity index (χ0v) is 6.37. The molecule has 0 amide bonds. The molecule has 0 aliphatic heterocycles. The molecular formula is C6H12N2O2. The third-order valence-electron chi connectivity index (χ3n) is 1.06. The van der Waals surface area contributed by atoms with Crippen molar-refractivity contribution in [3.8, 4) is 0 Å². The van der Waals surface area contributed by atoms with Crippen molar-refractivity contribution in [1.82, 2.24) is 0 Å². The average Bonchev–Trinajstić information content (AvgIpc) is 1.80. The molecule has 0 radical (unpaired) electrons. The van der Waals surface area contributed by atoms with E-state index in [1.165, 1.54) is 0 Å². The van der Waals surface area contributed by atoms with Gasteiger partial charge in [0.15, 0.2) is 0 Å². The van der Waals surface area contributed by atoms with E-state index in [9.17, 15) is 0 Å². The first-order chi connectivity index (χ1) is 4.52. The molecule has 0 unspecified atom stereocenters. The van der Waals surface area contributed by atoms with Gasteiger partial charge in [0.2, 0.25) is 0 Å². The molecule has 0 aromatic carbocycles. The van der Waals surface area contributed by atoms with Gasteiger partial charge in [-0.3, -0.25) is 0 Å². The summed E-state index contributed by atoms with van der Waals surface area (Å²) < 4.78 is 0. The maximum Gasteiger partial charge on any atom is 0.106 e. The highest BCUT2D eigenvalue weighted by molar-refractivity contribution is 6.32. The highest BCUT2D eigenvalue weighted by atomic mass is 16.4. The lowest BCUT2D eigenvalue weighted by Crippen LogP contribution is -2.21. The van der Waals surface area contributed by atoms with E-state index in [1.807, 2.05) is 20.8 Å². The van der Waals surface area contributed by atoms with Gasteiger partial charge in [0.1, 0.15) is 5.71 Å². The molecule has 10 heavy (non-hydrogen) atoms. The second kappa shape index (κ2) is 3.20. The van der Waals surface area contributed by atoms with Gasteiger partial charge in [-0.15, -0.1) is 0 Å². The van der Waals surface area contributed by atoms with Crippen LogP contribution >= 0.6 is 0 Å². The van der Waals surface area contributed by atoms with Crippen LogP contribution in [0.1, 0.15) is 20.8 Å². The quantitative estimate of drug-likeness (QED) is 0.331. The van der Waals surface area contributed by atoms with Gasteiger partial charge in [0, 0.05) is 5.41 Å². The molecule has 4 nitrogen and oxygen atoms in total. The monoisotopic (exact) mass is 144 g/mol. The molecule has 0 aromatic rings. The molecule has 0 heterocycles. The van der Waals surface area contributed by atoms with Gasteiger partial charge in [-0.2, -0.15) is 0 Å². The van der Waals surface area contributed by atoms with Crippen molar-refractivity contribution in [2.24, 2.45) is 15.7 Å². The van der Waals surface area contributed by atoms with Crippen LogP contribution in [0.15, 0.2) is 10.3 Å². The second-order valence-electron chi connectivity index (χ2n) is 2.98. The Bertz CT molecular complexity index is 156. The molecule has 0 saturated carbocycles. The van der Waals surface area contributed by atoms with Gasteiger partial charge in [-0.25, -0.2) is 0 Å². The Hall–Kier alpha value is -1.06. The van der Waals surface area contributed by atoms with Gasteiger partial charge >= 0.3 is 0 Å². The Morgan fingerprint density at radius 3 is 1.90 bits per heavy atom. The van der Waals surface area contributed by atoms with Crippen LogP contribution in [0.25, 0.3) is 0 Å². The summed E-state index contributed by atoms with van der Waals surface area (Å²) in [5.41, 5.74) is 0.0519. The fourth-order valence-corrected chi connectivity index (χ4v) is 0.424. The third kappa shape index (κ3) is 2.48. The molecule has 0 rings (SSSR count). The number of hydrogen-bond acceptors (Lipinski definition) is 4. The predicted octanol–water partition coefficient (Wildman–Crippen LogP) is 1.32. The van der Waals surface area contributed by atoms with E-state index in [0.717, 1.165) is 6.21 Å². The second-order valence-corrected chi connectivity index (χ2v) is 2.98. The number of hydrogen-bond donors (Lipinski definition) is 2. The fourth-order valence-electron chi connectivity index (χ4n) is 0.424. The van der Waals surface area contributed by atoms with Crippen molar-refractivity contribution in [1.29, 1.82) is 0 Å². The Labute approximate surface area is 59.9 Å². The van der Waals surface area contributed by atoms with Crippen molar-refractivity contribution in [3.63, 3.8) is 0 Å². The van der Waals surface area contributed by atoms with Crippen LogP contribution in [-0.4, -0.2) is 22.3 Å². The van der Waals surface area contributed by atoms with Crippen molar-refractivity contribution in [2.75, 3.05) is 0 Å². The van der Waals surface area contributed by atoms with Gasteiger partial charge in [0.25, 0.3) is 0 Å². The van der Waals surface area contributed by atoms with E-state index in [-0.39, 0.29) is 5.41 Å². The van der Waals surface area contributed by atoms with Crippen LogP contribution in [0.5, 0.6) is 0 Å². The minimum Gasteiger partial charge on any atom is -0.411 e. The molecule has 0 aliphatic rings. The standard InChI is InChI=1S/C6H12N2O2/c1-6(2,3)5(8-10)4-7-9/h4,9-10H,1-3H3/b7-4+,8-5-. The largest absolute Gasteiger partial charge is 0.411 e. The summed E-state index contributed by atoms with van der Waals surface area (Å²) in [5, 5.41) is 22.2. The zero-order chi connectivity index (χ0) is 8.20. The molecule has 4 heteroatoms. The van der Waals surface area contributed by atoms with Crippen molar-refractivity contribution < 1.29 is 10.4 Å². The molecule has 0 spiro atoms. The normalized spacial score (nSPS) is 14.5. The van der Waals surface area contributed by atoms with Crippen molar-refractivity contribution in [3.05, 3.63) is 0 Å². The molecule has 0 bridgehead atoms. The van der Waals surface area contributed by atoms with E-state index in [1.54, 1.807) is 0 Å². The first-order valence-electron chi connectivity index (χ1n) is 2.92. The Morgan fingerprint density at radius 1 is 1.30 bits per heavy atom. The lowest BCUT2D eigenvalue weighted by Gasteiger charge is -2.14. The first kappa shape index (κ1) is 8.94. The van der Waals surface area contributed by atoms with Crippen LogP contribution in [-0.2, 0) is 0 Å². The molecule has 0 fully saturated rings. The molecular weight excluding hydrogens is 132 g/mol. The summed E-state index contributed by atoms with van der Waals surface area (Å²) in [6.45, 7) is 5.55. The SMILES string of the molecule is CC(C)(C)C(/C=N/O)=N\O. The van der Waals surface area contributed by atoms with E-state index in [2.05, 4.69) is 10.3 Å². The zero-order valence-electron chi connectivity index (χ0n) is 6.37. The van der Waals surface area contributed by atoms with Crippen LogP contribution < -0.4 is 0 Å². The first-order valence-corrected chi connectivity index (χ1v) is 2.92. The highest BCUT2D eigenvalue weighted by Crippen LogP contribution is 2.14. The molecule has 0 aliphatic carbocycles. The fraction of sp³-hybridized carbons (Fsp3) is 0.667. The van der Waals surface area contributed by atoms with Crippen molar-refractivity contribution in [2.45, 2.75) is 20.8 Å². The van der Waals surface area contributed by atoms with E-state index in [0.29, 0.717) is 5.71 Å². The number of rotatable bonds is 1. The van der Waals surface area contributed by atoms with Crippen LogP contribution in [0.3, 0.4) is 0 Å². The summed E-state index contributed by atoms with van der Waals surface area (Å²) in [4.78, 5) is 0. The Kier molecular flexibility index (Phi) is 2.86. The van der Waals surface area contributed by atoms with Crippen LogP contribution in [0.2, 0.25) is 0 Å². The predicted molar refractivity (Wildman–Crippen MR) is 39.0 cm³/mol. The topological polar surface area (TPSA) is 65.2 Å². The van der Waals surface area contributed by atoms with Crippen LogP contribution in [0.4, 0.5) is 0 Å². The number of oxime groups is 2. The van der Waals surface area contributed by atoms with Gasteiger partial charge in [-0.05, 0) is 0 Å². The summed E-state index contributed by atoms with van der Waals surface area (Å²) in [7, 11) is 0. The third-order valence-corrected chi connectivity index (χ3v) is 1.06. The Morgan fingerprint density at radius 2 is 1.80 bits per heavy atom.